The third-order valence-electron chi connectivity index (χ3n) is 4.92. The molecule has 0 N–H and O–H groups in total. The molecule has 4 rings (SSSR count). The van der Waals surface area contributed by atoms with Crippen molar-refractivity contribution in [3.8, 4) is 23.3 Å². The molecule has 29 heavy (non-hydrogen) atoms. The van der Waals surface area contributed by atoms with E-state index in [4.69, 9.17) is 14.5 Å². The molecule has 7 nitrogen and oxygen atoms in total. The van der Waals surface area contributed by atoms with Crippen LogP contribution >= 0.6 is 0 Å². The summed E-state index contributed by atoms with van der Waals surface area (Å²) in [6, 6.07) is 16.8. The Morgan fingerprint density at radius 1 is 1.24 bits per heavy atom. The molecule has 1 amide bonds. The molecule has 0 aliphatic carbocycles. The highest BCUT2D eigenvalue weighted by molar-refractivity contribution is 5.79. The Kier molecular flexibility index (Phi) is 5.25. The van der Waals surface area contributed by atoms with Crippen LogP contribution in [0.3, 0.4) is 0 Å². The highest BCUT2D eigenvalue weighted by atomic mass is 16.5. The van der Waals surface area contributed by atoms with E-state index in [1.165, 1.54) is 0 Å². The Hall–Kier alpha value is -3.66. The second-order valence-electron chi connectivity index (χ2n) is 6.86. The molecule has 1 aliphatic rings. The molecule has 0 saturated carbocycles. The fraction of sp³-hybridized carbons (Fsp3) is 0.273. The maximum atomic E-state index is 12.5. The summed E-state index contributed by atoms with van der Waals surface area (Å²) >= 11 is 0. The summed E-state index contributed by atoms with van der Waals surface area (Å²) in [6.45, 7) is 3.54. The number of carbonyl (C=O) groups is 1. The van der Waals surface area contributed by atoms with Crippen molar-refractivity contribution in [2.75, 3.05) is 13.2 Å². The molecule has 0 spiro atoms. The molecule has 1 fully saturated rings. The standard InChI is InChI=1S/C22H20N4O3/c1-2-28-19-6-4-3-5-17(19)13-26-14-18(11-20(26)27)21-24-22(29-25-21)16-9-7-15(12-23)8-10-16/h3-10,18H,2,11,13-14H2,1H3. The lowest BCUT2D eigenvalue weighted by atomic mass is 10.1. The van der Waals surface area contributed by atoms with Crippen LogP contribution in [0.2, 0.25) is 0 Å². The molecular formula is C22H20N4O3. The van der Waals surface area contributed by atoms with Crippen molar-refractivity contribution < 1.29 is 14.1 Å². The number of amides is 1. The minimum Gasteiger partial charge on any atom is -0.494 e. The predicted octanol–water partition coefficient (Wildman–Crippen LogP) is 3.52. The fourth-order valence-corrected chi connectivity index (χ4v) is 3.44. The zero-order valence-electron chi connectivity index (χ0n) is 16.0. The molecule has 1 unspecified atom stereocenters. The summed E-state index contributed by atoms with van der Waals surface area (Å²) in [7, 11) is 0. The summed E-state index contributed by atoms with van der Waals surface area (Å²) < 4.78 is 11.0. The molecule has 2 heterocycles. The molecule has 1 aliphatic heterocycles. The van der Waals surface area contributed by atoms with Crippen LogP contribution in [-0.4, -0.2) is 34.1 Å². The van der Waals surface area contributed by atoms with E-state index in [1.54, 1.807) is 29.2 Å². The first kappa shape index (κ1) is 18.7. The van der Waals surface area contributed by atoms with Crippen LogP contribution in [0.15, 0.2) is 53.1 Å². The third-order valence-corrected chi connectivity index (χ3v) is 4.92. The Labute approximate surface area is 168 Å². The van der Waals surface area contributed by atoms with Crippen LogP contribution in [0.25, 0.3) is 11.5 Å². The van der Waals surface area contributed by atoms with Crippen molar-refractivity contribution >= 4 is 5.91 Å². The van der Waals surface area contributed by atoms with Gasteiger partial charge in [-0.3, -0.25) is 4.79 Å². The summed E-state index contributed by atoms with van der Waals surface area (Å²) in [6.07, 6.45) is 0.350. The van der Waals surface area contributed by atoms with Gasteiger partial charge >= 0.3 is 0 Å². The van der Waals surface area contributed by atoms with Gasteiger partial charge in [-0.05, 0) is 37.3 Å². The third kappa shape index (κ3) is 3.97. The van der Waals surface area contributed by atoms with Gasteiger partial charge < -0.3 is 14.2 Å². The summed E-state index contributed by atoms with van der Waals surface area (Å²) in [4.78, 5) is 18.8. The van der Waals surface area contributed by atoms with Gasteiger partial charge in [0.25, 0.3) is 5.89 Å². The number of hydrogen-bond donors (Lipinski definition) is 0. The van der Waals surface area contributed by atoms with Gasteiger partial charge in [0.15, 0.2) is 5.82 Å². The molecule has 3 aromatic rings. The second-order valence-corrected chi connectivity index (χ2v) is 6.86. The minimum atomic E-state index is -0.113. The van der Waals surface area contributed by atoms with Gasteiger partial charge in [-0.1, -0.05) is 23.4 Å². The quantitative estimate of drug-likeness (QED) is 0.641. The van der Waals surface area contributed by atoms with Crippen LogP contribution in [0.1, 0.15) is 36.2 Å². The Bertz CT molecular complexity index is 1050. The fourth-order valence-electron chi connectivity index (χ4n) is 3.44. The predicted molar refractivity (Wildman–Crippen MR) is 105 cm³/mol. The van der Waals surface area contributed by atoms with Crippen LogP contribution < -0.4 is 4.74 Å². The van der Waals surface area contributed by atoms with E-state index in [0.717, 1.165) is 16.9 Å². The smallest absolute Gasteiger partial charge is 0.257 e. The van der Waals surface area contributed by atoms with E-state index in [9.17, 15) is 4.79 Å². The average Bonchev–Trinajstić information content (AvgIpc) is 3.37. The molecule has 1 aromatic heterocycles. The van der Waals surface area contributed by atoms with E-state index >= 15 is 0 Å². The zero-order valence-corrected chi connectivity index (χ0v) is 16.0. The number of para-hydroxylation sites is 1. The molecule has 7 heteroatoms. The van der Waals surface area contributed by atoms with Gasteiger partial charge in [0.2, 0.25) is 5.91 Å². The average molecular weight is 388 g/mol. The number of nitrogens with zero attached hydrogens (tertiary/aromatic N) is 4. The van der Waals surface area contributed by atoms with E-state index in [-0.39, 0.29) is 11.8 Å². The zero-order chi connectivity index (χ0) is 20.2. The maximum absolute atomic E-state index is 12.5. The molecule has 0 bridgehead atoms. The first-order valence-corrected chi connectivity index (χ1v) is 9.50. The first-order chi connectivity index (χ1) is 14.2. The van der Waals surface area contributed by atoms with Gasteiger partial charge in [0.1, 0.15) is 5.75 Å². The number of benzene rings is 2. The number of likely N-dealkylation sites (tertiary alicyclic amines) is 1. The first-order valence-electron chi connectivity index (χ1n) is 9.50. The normalized spacial score (nSPS) is 16.1. The Morgan fingerprint density at radius 3 is 2.79 bits per heavy atom. The molecule has 146 valence electrons. The number of hydrogen-bond acceptors (Lipinski definition) is 6. The Balaban J connectivity index is 1.47. The van der Waals surface area contributed by atoms with Crippen molar-refractivity contribution in [3.05, 3.63) is 65.5 Å². The van der Waals surface area contributed by atoms with Crippen molar-refractivity contribution in [1.82, 2.24) is 15.0 Å². The molecule has 0 radical (unpaired) electrons. The van der Waals surface area contributed by atoms with Gasteiger partial charge in [-0.25, -0.2) is 0 Å². The number of nitriles is 1. The highest BCUT2D eigenvalue weighted by Gasteiger charge is 2.34. The van der Waals surface area contributed by atoms with E-state index in [0.29, 0.717) is 43.4 Å². The summed E-state index contributed by atoms with van der Waals surface area (Å²) in [5, 5.41) is 13.0. The van der Waals surface area contributed by atoms with Crippen molar-refractivity contribution in [2.45, 2.75) is 25.8 Å². The number of ether oxygens (including phenoxy) is 1. The van der Waals surface area contributed by atoms with Crippen LogP contribution in [-0.2, 0) is 11.3 Å². The van der Waals surface area contributed by atoms with Gasteiger partial charge in [0.05, 0.1) is 18.2 Å². The lowest BCUT2D eigenvalue weighted by Crippen LogP contribution is -2.24. The summed E-state index contributed by atoms with van der Waals surface area (Å²) in [5.41, 5.74) is 2.29. The maximum Gasteiger partial charge on any atom is 0.257 e. The molecular weight excluding hydrogens is 368 g/mol. The lowest BCUT2D eigenvalue weighted by molar-refractivity contribution is -0.128. The number of carbonyl (C=O) groups excluding carboxylic acids is 1. The van der Waals surface area contributed by atoms with Gasteiger partial charge in [0, 0.05) is 36.6 Å². The van der Waals surface area contributed by atoms with Crippen LogP contribution in [0.5, 0.6) is 5.75 Å². The topological polar surface area (TPSA) is 92.2 Å². The Morgan fingerprint density at radius 2 is 2.03 bits per heavy atom. The van der Waals surface area contributed by atoms with Crippen LogP contribution in [0, 0.1) is 11.3 Å². The van der Waals surface area contributed by atoms with Gasteiger partial charge in [-0.15, -0.1) is 0 Å². The van der Waals surface area contributed by atoms with E-state index in [2.05, 4.69) is 16.2 Å². The summed E-state index contributed by atoms with van der Waals surface area (Å²) in [5.74, 6) is 1.66. The van der Waals surface area contributed by atoms with Crippen molar-refractivity contribution in [2.24, 2.45) is 0 Å². The molecule has 1 saturated heterocycles. The van der Waals surface area contributed by atoms with Crippen LogP contribution in [0.4, 0.5) is 0 Å². The number of rotatable bonds is 6. The second kappa shape index (κ2) is 8.15. The number of aromatic nitrogens is 2. The monoisotopic (exact) mass is 388 g/mol. The SMILES string of the molecule is CCOc1ccccc1CN1CC(c2noc(-c3ccc(C#N)cc3)n2)CC1=O. The van der Waals surface area contributed by atoms with Gasteiger partial charge in [-0.2, -0.15) is 10.2 Å². The highest BCUT2D eigenvalue weighted by Crippen LogP contribution is 2.30. The minimum absolute atomic E-state index is 0.0611. The molecule has 1 atom stereocenters. The van der Waals surface area contributed by atoms with Crippen molar-refractivity contribution in [3.63, 3.8) is 0 Å². The molecule has 2 aromatic carbocycles. The van der Waals surface area contributed by atoms with E-state index < -0.39 is 0 Å². The lowest BCUT2D eigenvalue weighted by Gasteiger charge is -2.18. The van der Waals surface area contributed by atoms with Crippen molar-refractivity contribution in [1.29, 1.82) is 5.26 Å². The van der Waals surface area contributed by atoms with E-state index in [1.807, 2.05) is 31.2 Å². The largest absolute Gasteiger partial charge is 0.494 e.